The van der Waals surface area contributed by atoms with Gasteiger partial charge in [0.1, 0.15) is 5.75 Å². The summed E-state index contributed by atoms with van der Waals surface area (Å²) in [7, 11) is 0. The van der Waals surface area contributed by atoms with Gasteiger partial charge in [0.2, 0.25) is 0 Å². The first-order valence-electron chi connectivity index (χ1n) is 6.47. The van der Waals surface area contributed by atoms with Gasteiger partial charge in [0, 0.05) is 37.8 Å². The molecule has 0 aliphatic carbocycles. The zero-order chi connectivity index (χ0) is 12.3. The third-order valence-electron chi connectivity index (χ3n) is 3.61. The summed E-state index contributed by atoms with van der Waals surface area (Å²) in [6.45, 7) is 8.36. The van der Waals surface area contributed by atoms with E-state index in [0.717, 1.165) is 43.7 Å². The smallest absolute Gasteiger partial charge is 0.123 e. The third-order valence-corrected chi connectivity index (χ3v) is 3.61. The minimum atomic E-state index is 0.344. The molecular weight excluding hydrogens is 212 g/mol. The van der Waals surface area contributed by atoms with Crippen LogP contribution in [0.5, 0.6) is 5.75 Å². The quantitative estimate of drug-likeness (QED) is 0.840. The highest BCUT2D eigenvalue weighted by Gasteiger charge is 2.23. The Morgan fingerprint density at radius 3 is 2.71 bits per heavy atom. The first-order chi connectivity index (χ1) is 8.24. The van der Waals surface area contributed by atoms with Gasteiger partial charge < -0.3 is 10.4 Å². The van der Waals surface area contributed by atoms with Gasteiger partial charge in [0.25, 0.3) is 0 Å². The molecule has 1 aromatic carbocycles. The van der Waals surface area contributed by atoms with E-state index in [1.807, 2.05) is 19.1 Å². The van der Waals surface area contributed by atoms with Crippen molar-refractivity contribution >= 4 is 0 Å². The lowest BCUT2D eigenvalue weighted by molar-refractivity contribution is 0.167. The van der Waals surface area contributed by atoms with Crippen molar-refractivity contribution in [3.05, 3.63) is 29.3 Å². The maximum Gasteiger partial charge on any atom is 0.123 e. The molecule has 1 atom stereocenters. The zero-order valence-corrected chi connectivity index (χ0v) is 10.7. The molecule has 94 valence electrons. The van der Waals surface area contributed by atoms with Crippen molar-refractivity contribution in [2.45, 2.75) is 26.3 Å². The van der Waals surface area contributed by atoms with Gasteiger partial charge in [-0.3, -0.25) is 4.90 Å². The molecule has 0 saturated carbocycles. The van der Waals surface area contributed by atoms with Crippen LogP contribution in [-0.4, -0.2) is 36.2 Å². The Bertz CT molecular complexity index is 372. The molecule has 17 heavy (non-hydrogen) atoms. The fourth-order valence-corrected chi connectivity index (χ4v) is 2.62. The topological polar surface area (TPSA) is 35.5 Å². The highest BCUT2D eigenvalue weighted by molar-refractivity contribution is 5.41. The molecule has 3 nitrogen and oxygen atoms in total. The van der Waals surface area contributed by atoms with Gasteiger partial charge in [-0.15, -0.1) is 0 Å². The number of aryl methyl sites for hydroxylation is 1. The number of benzene rings is 1. The van der Waals surface area contributed by atoms with Crippen molar-refractivity contribution < 1.29 is 5.11 Å². The second-order valence-corrected chi connectivity index (χ2v) is 4.72. The second kappa shape index (κ2) is 5.52. The van der Waals surface area contributed by atoms with Crippen molar-refractivity contribution in [2.75, 3.05) is 26.2 Å². The first-order valence-corrected chi connectivity index (χ1v) is 6.47. The summed E-state index contributed by atoms with van der Waals surface area (Å²) in [4.78, 5) is 2.46. The van der Waals surface area contributed by atoms with E-state index in [2.05, 4.69) is 23.2 Å². The summed E-state index contributed by atoms with van der Waals surface area (Å²) in [6, 6.07) is 6.40. The summed E-state index contributed by atoms with van der Waals surface area (Å²) in [5.74, 6) is 0.470. The first kappa shape index (κ1) is 12.4. The lowest BCUT2D eigenvalue weighted by Crippen LogP contribution is -2.45. The predicted molar refractivity (Wildman–Crippen MR) is 70.3 cm³/mol. The number of aromatic hydroxyl groups is 1. The Balaban J connectivity index is 2.24. The lowest BCUT2D eigenvalue weighted by atomic mass is 9.98. The molecular formula is C14H22N2O. The van der Waals surface area contributed by atoms with Crippen LogP contribution in [-0.2, 0) is 0 Å². The van der Waals surface area contributed by atoms with Gasteiger partial charge in [-0.05, 0) is 18.9 Å². The number of rotatable bonds is 3. The SMILES string of the molecule is CC[C@@H](c1cccc(C)c1O)N1CCNCC1. The number of piperazine rings is 1. The largest absolute Gasteiger partial charge is 0.507 e. The molecule has 0 aromatic heterocycles. The molecule has 0 spiro atoms. The number of hydrogen-bond donors (Lipinski definition) is 2. The van der Waals surface area contributed by atoms with E-state index in [-0.39, 0.29) is 0 Å². The molecule has 0 amide bonds. The van der Waals surface area contributed by atoms with Gasteiger partial charge in [-0.2, -0.15) is 0 Å². The molecule has 2 rings (SSSR count). The van der Waals surface area contributed by atoms with Gasteiger partial charge in [0.05, 0.1) is 0 Å². The molecule has 1 saturated heterocycles. The van der Waals surface area contributed by atoms with Crippen molar-refractivity contribution in [1.29, 1.82) is 0 Å². The van der Waals surface area contributed by atoms with E-state index in [1.165, 1.54) is 0 Å². The van der Waals surface area contributed by atoms with Crippen LogP contribution < -0.4 is 5.32 Å². The number of hydrogen-bond acceptors (Lipinski definition) is 3. The maximum absolute atomic E-state index is 10.2. The molecule has 2 N–H and O–H groups in total. The van der Waals surface area contributed by atoms with Crippen LogP contribution in [0.15, 0.2) is 18.2 Å². The van der Waals surface area contributed by atoms with Crippen molar-refractivity contribution in [3.8, 4) is 5.75 Å². The van der Waals surface area contributed by atoms with Gasteiger partial charge in [0.15, 0.2) is 0 Å². The fourth-order valence-electron chi connectivity index (χ4n) is 2.62. The van der Waals surface area contributed by atoms with E-state index in [1.54, 1.807) is 0 Å². The molecule has 0 radical (unpaired) electrons. The molecule has 1 aliphatic rings. The van der Waals surface area contributed by atoms with Crippen molar-refractivity contribution in [2.24, 2.45) is 0 Å². The van der Waals surface area contributed by atoms with Crippen LogP contribution in [0.4, 0.5) is 0 Å². The summed E-state index contributed by atoms with van der Waals surface area (Å²) in [5, 5.41) is 13.6. The van der Waals surface area contributed by atoms with Crippen LogP contribution in [0, 0.1) is 6.92 Å². The number of phenolic OH excluding ortho intramolecular Hbond substituents is 1. The van der Waals surface area contributed by atoms with E-state index in [9.17, 15) is 5.11 Å². The molecule has 1 aromatic rings. The number of nitrogens with zero attached hydrogens (tertiary/aromatic N) is 1. The Morgan fingerprint density at radius 2 is 2.06 bits per heavy atom. The molecule has 1 heterocycles. The van der Waals surface area contributed by atoms with Gasteiger partial charge in [-0.1, -0.05) is 25.1 Å². The van der Waals surface area contributed by atoms with E-state index >= 15 is 0 Å². The molecule has 1 aliphatic heterocycles. The van der Waals surface area contributed by atoms with Crippen LogP contribution in [0.25, 0.3) is 0 Å². The Morgan fingerprint density at radius 1 is 1.35 bits per heavy atom. The molecule has 3 heteroatoms. The summed E-state index contributed by atoms with van der Waals surface area (Å²) in [5.41, 5.74) is 2.05. The van der Waals surface area contributed by atoms with Crippen LogP contribution in [0.3, 0.4) is 0 Å². The van der Waals surface area contributed by atoms with E-state index < -0.39 is 0 Å². The summed E-state index contributed by atoms with van der Waals surface area (Å²) < 4.78 is 0. The average molecular weight is 234 g/mol. The lowest BCUT2D eigenvalue weighted by Gasteiger charge is -2.35. The highest BCUT2D eigenvalue weighted by Crippen LogP contribution is 2.33. The predicted octanol–water partition coefficient (Wildman–Crippen LogP) is 2.06. The highest BCUT2D eigenvalue weighted by atomic mass is 16.3. The average Bonchev–Trinajstić information content (AvgIpc) is 2.37. The maximum atomic E-state index is 10.2. The summed E-state index contributed by atoms with van der Waals surface area (Å²) in [6.07, 6.45) is 1.04. The number of para-hydroxylation sites is 1. The normalized spacial score (nSPS) is 19.2. The zero-order valence-electron chi connectivity index (χ0n) is 10.7. The minimum absolute atomic E-state index is 0.344. The fraction of sp³-hybridized carbons (Fsp3) is 0.571. The number of nitrogens with one attached hydrogen (secondary N) is 1. The third kappa shape index (κ3) is 2.61. The van der Waals surface area contributed by atoms with Crippen LogP contribution in [0.1, 0.15) is 30.5 Å². The van der Waals surface area contributed by atoms with Crippen molar-refractivity contribution in [3.63, 3.8) is 0 Å². The summed E-state index contributed by atoms with van der Waals surface area (Å²) >= 11 is 0. The van der Waals surface area contributed by atoms with Crippen molar-refractivity contribution in [1.82, 2.24) is 10.2 Å². The van der Waals surface area contributed by atoms with Gasteiger partial charge >= 0.3 is 0 Å². The monoisotopic (exact) mass is 234 g/mol. The Hall–Kier alpha value is -1.06. The Kier molecular flexibility index (Phi) is 4.02. The minimum Gasteiger partial charge on any atom is -0.507 e. The number of phenols is 1. The van der Waals surface area contributed by atoms with Gasteiger partial charge in [-0.25, -0.2) is 0 Å². The van der Waals surface area contributed by atoms with E-state index in [0.29, 0.717) is 11.8 Å². The Labute approximate surface area is 103 Å². The second-order valence-electron chi connectivity index (χ2n) is 4.72. The van der Waals surface area contributed by atoms with Crippen LogP contribution >= 0.6 is 0 Å². The molecule has 0 bridgehead atoms. The molecule has 0 unspecified atom stereocenters. The molecule has 1 fully saturated rings. The van der Waals surface area contributed by atoms with E-state index in [4.69, 9.17) is 0 Å². The standard InChI is InChI=1S/C14H22N2O/c1-3-13(16-9-7-15-8-10-16)12-6-4-5-11(2)14(12)17/h4-6,13,15,17H,3,7-10H2,1-2H3/t13-/m0/s1. The van der Waals surface area contributed by atoms with Crippen LogP contribution in [0.2, 0.25) is 0 Å².